The number of imidazole rings is 1. The first kappa shape index (κ1) is 15.0. The lowest BCUT2D eigenvalue weighted by Crippen LogP contribution is -2.15. The number of anilines is 1. The van der Waals surface area contributed by atoms with Gasteiger partial charge < -0.3 is 9.72 Å². The number of nitrogens with one attached hydrogen (secondary N) is 1. The van der Waals surface area contributed by atoms with Gasteiger partial charge in [-0.3, -0.25) is 9.48 Å². The van der Waals surface area contributed by atoms with Gasteiger partial charge in [0, 0.05) is 37.4 Å². The second kappa shape index (κ2) is 5.82. The van der Waals surface area contributed by atoms with Crippen molar-refractivity contribution in [3.8, 4) is 11.3 Å². The SMILES string of the molecule is Cn1nccc1-c1cc(C(=O)Nc2ccc(F)cn2)c2nccn2c1. The standard InChI is InChI=1S/C17H13FN6O/c1-23-14(4-5-21-23)11-8-13(16-19-6-7-24(16)10-11)17(25)22-15-3-2-12(18)9-20-15/h2-10H,1H3,(H,20,22,25). The van der Waals surface area contributed by atoms with Crippen molar-refractivity contribution in [3.05, 3.63) is 66.6 Å². The van der Waals surface area contributed by atoms with E-state index < -0.39 is 5.82 Å². The number of amides is 1. The van der Waals surface area contributed by atoms with Crippen LogP contribution in [0.3, 0.4) is 0 Å². The summed E-state index contributed by atoms with van der Waals surface area (Å²) in [5.41, 5.74) is 2.59. The number of carbonyl (C=O) groups excluding carboxylic acids is 1. The second-order valence-electron chi connectivity index (χ2n) is 5.46. The van der Waals surface area contributed by atoms with Crippen molar-refractivity contribution < 1.29 is 9.18 Å². The third kappa shape index (κ3) is 2.74. The van der Waals surface area contributed by atoms with Gasteiger partial charge in [0.15, 0.2) is 0 Å². The van der Waals surface area contributed by atoms with Gasteiger partial charge in [0.2, 0.25) is 0 Å². The van der Waals surface area contributed by atoms with Crippen LogP contribution in [0, 0.1) is 5.82 Å². The molecule has 0 aliphatic rings. The highest BCUT2D eigenvalue weighted by molar-refractivity contribution is 6.08. The van der Waals surface area contributed by atoms with Gasteiger partial charge >= 0.3 is 0 Å². The van der Waals surface area contributed by atoms with E-state index in [2.05, 4.69) is 20.4 Å². The molecule has 0 bridgehead atoms. The molecule has 1 N–H and O–H groups in total. The van der Waals surface area contributed by atoms with Gasteiger partial charge in [-0.25, -0.2) is 14.4 Å². The summed E-state index contributed by atoms with van der Waals surface area (Å²) in [5.74, 6) is -0.576. The lowest BCUT2D eigenvalue weighted by Gasteiger charge is -2.09. The molecule has 0 unspecified atom stereocenters. The normalized spacial score (nSPS) is 11.0. The minimum atomic E-state index is -0.466. The fraction of sp³-hybridized carbons (Fsp3) is 0.0588. The smallest absolute Gasteiger partial charge is 0.260 e. The molecule has 4 aromatic heterocycles. The molecule has 0 saturated heterocycles. The van der Waals surface area contributed by atoms with Gasteiger partial charge in [0.1, 0.15) is 17.3 Å². The highest BCUT2D eigenvalue weighted by atomic mass is 19.1. The molecule has 1 amide bonds. The van der Waals surface area contributed by atoms with Gasteiger partial charge in [0.25, 0.3) is 5.91 Å². The highest BCUT2D eigenvalue weighted by Crippen LogP contribution is 2.22. The van der Waals surface area contributed by atoms with Crippen LogP contribution in [0.15, 0.2) is 55.2 Å². The molecule has 0 aromatic carbocycles. The number of pyridine rings is 2. The number of rotatable bonds is 3. The predicted octanol–water partition coefficient (Wildman–Crippen LogP) is 2.52. The van der Waals surface area contributed by atoms with Crippen LogP contribution < -0.4 is 5.32 Å². The zero-order valence-corrected chi connectivity index (χ0v) is 13.2. The topological polar surface area (TPSA) is 77.1 Å². The van der Waals surface area contributed by atoms with Gasteiger partial charge in [-0.2, -0.15) is 5.10 Å². The van der Waals surface area contributed by atoms with Crippen LogP contribution in [0.25, 0.3) is 16.9 Å². The Morgan fingerprint density at radius 2 is 2.08 bits per heavy atom. The van der Waals surface area contributed by atoms with Crippen LogP contribution in [0.5, 0.6) is 0 Å². The Hall–Kier alpha value is -3.55. The summed E-state index contributed by atoms with van der Waals surface area (Å²) in [6.07, 6.45) is 8.01. The molecule has 0 radical (unpaired) electrons. The molecule has 4 rings (SSSR count). The van der Waals surface area contributed by atoms with Crippen LogP contribution in [-0.2, 0) is 7.05 Å². The van der Waals surface area contributed by atoms with Crippen molar-refractivity contribution in [2.75, 3.05) is 5.32 Å². The Bertz CT molecular complexity index is 1070. The number of nitrogens with zero attached hydrogens (tertiary/aromatic N) is 5. The van der Waals surface area contributed by atoms with E-state index in [4.69, 9.17) is 0 Å². The van der Waals surface area contributed by atoms with Crippen molar-refractivity contribution in [3.63, 3.8) is 0 Å². The van der Waals surface area contributed by atoms with Crippen molar-refractivity contribution in [2.24, 2.45) is 7.05 Å². The first-order valence-corrected chi connectivity index (χ1v) is 7.50. The summed E-state index contributed by atoms with van der Waals surface area (Å²) < 4.78 is 16.5. The van der Waals surface area contributed by atoms with E-state index in [0.717, 1.165) is 17.5 Å². The van der Waals surface area contributed by atoms with E-state index in [1.807, 2.05) is 19.3 Å². The molecule has 0 saturated carbocycles. The number of halogens is 1. The predicted molar refractivity (Wildman–Crippen MR) is 89.5 cm³/mol. The lowest BCUT2D eigenvalue weighted by molar-refractivity contribution is 0.102. The van der Waals surface area contributed by atoms with Crippen molar-refractivity contribution >= 4 is 17.4 Å². The first-order chi connectivity index (χ1) is 12.1. The zero-order valence-electron chi connectivity index (χ0n) is 13.2. The van der Waals surface area contributed by atoms with E-state index in [1.165, 1.54) is 12.1 Å². The molecule has 0 spiro atoms. The zero-order chi connectivity index (χ0) is 17.4. The van der Waals surface area contributed by atoms with E-state index >= 15 is 0 Å². The van der Waals surface area contributed by atoms with Crippen LogP contribution in [0.2, 0.25) is 0 Å². The fourth-order valence-electron chi connectivity index (χ4n) is 2.63. The van der Waals surface area contributed by atoms with E-state index in [1.54, 1.807) is 33.7 Å². The minimum Gasteiger partial charge on any atom is -0.306 e. The molecular formula is C17H13FN6O. The largest absolute Gasteiger partial charge is 0.306 e. The van der Waals surface area contributed by atoms with Gasteiger partial charge in [0.05, 0.1) is 17.5 Å². The van der Waals surface area contributed by atoms with Crippen LogP contribution in [0.1, 0.15) is 10.4 Å². The molecular weight excluding hydrogens is 323 g/mol. The number of hydrogen-bond acceptors (Lipinski definition) is 4. The number of aromatic nitrogens is 5. The number of hydrogen-bond donors (Lipinski definition) is 1. The second-order valence-corrected chi connectivity index (χ2v) is 5.46. The van der Waals surface area contributed by atoms with E-state index in [-0.39, 0.29) is 11.7 Å². The molecule has 4 aromatic rings. The monoisotopic (exact) mass is 336 g/mol. The number of carbonyl (C=O) groups is 1. The maximum atomic E-state index is 13.0. The minimum absolute atomic E-state index is 0.266. The molecule has 25 heavy (non-hydrogen) atoms. The van der Waals surface area contributed by atoms with Crippen LogP contribution in [0.4, 0.5) is 10.2 Å². The third-order valence-corrected chi connectivity index (χ3v) is 3.82. The average molecular weight is 336 g/mol. The molecule has 0 aliphatic heterocycles. The van der Waals surface area contributed by atoms with Crippen LogP contribution in [-0.4, -0.2) is 30.1 Å². The lowest BCUT2D eigenvalue weighted by atomic mass is 10.1. The summed E-state index contributed by atoms with van der Waals surface area (Å²) in [6.45, 7) is 0. The van der Waals surface area contributed by atoms with Gasteiger partial charge in [-0.05, 0) is 24.3 Å². The Morgan fingerprint density at radius 1 is 1.20 bits per heavy atom. The van der Waals surface area contributed by atoms with Crippen LogP contribution >= 0.6 is 0 Å². The summed E-state index contributed by atoms with van der Waals surface area (Å²) in [7, 11) is 1.83. The molecule has 0 atom stereocenters. The summed E-state index contributed by atoms with van der Waals surface area (Å²) in [5, 5.41) is 6.82. The molecule has 7 nitrogen and oxygen atoms in total. The Morgan fingerprint density at radius 3 is 2.80 bits per heavy atom. The van der Waals surface area contributed by atoms with Gasteiger partial charge in [-0.1, -0.05) is 0 Å². The Labute approximate surface area is 141 Å². The van der Waals surface area contributed by atoms with Crippen molar-refractivity contribution in [1.82, 2.24) is 24.1 Å². The third-order valence-electron chi connectivity index (χ3n) is 3.82. The van der Waals surface area contributed by atoms with Crippen molar-refractivity contribution in [2.45, 2.75) is 0 Å². The fourth-order valence-corrected chi connectivity index (χ4v) is 2.63. The number of aryl methyl sites for hydroxylation is 1. The Kier molecular flexibility index (Phi) is 3.50. The molecule has 0 aliphatic carbocycles. The maximum Gasteiger partial charge on any atom is 0.260 e. The molecule has 124 valence electrons. The highest BCUT2D eigenvalue weighted by Gasteiger charge is 2.16. The Balaban J connectivity index is 1.77. The summed E-state index contributed by atoms with van der Waals surface area (Å²) in [4.78, 5) is 20.8. The van der Waals surface area contributed by atoms with Crippen molar-refractivity contribution in [1.29, 1.82) is 0 Å². The molecule has 0 fully saturated rings. The van der Waals surface area contributed by atoms with Gasteiger partial charge in [-0.15, -0.1) is 0 Å². The average Bonchev–Trinajstić information content (AvgIpc) is 3.24. The maximum absolute atomic E-state index is 13.0. The first-order valence-electron chi connectivity index (χ1n) is 7.50. The quantitative estimate of drug-likeness (QED) is 0.624. The number of fused-ring (bicyclic) bond motifs is 1. The van der Waals surface area contributed by atoms with E-state index in [0.29, 0.717) is 11.2 Å². The summed E-state index contributed by atoms with van der Waals surface area (Å²) >= 11 is 0. The molecule has 4 heterocycles. The summed E-state index contributed by atoms with van der Waals surface area (Å²) in [6, 6.07) is 6.25. The van der Waals surface area contributed by atoms with E-state index in [9.17, 15) is 9.18 Å². The molecule has 8 heteroatoms.